The summed E-state index contributed by atoms with van der Waals surface area (Å²) in [5.41, 5.74) is 0. The zero-order chi connectivity index (χ0) is 18.1. The van der Waals surface area contributed by atoms with E-state index in [4.69, 9.17) is 0 Å². The second kappa shape index (κ2) is 12.8. The van der Waals surface area contributed by atoms with Crippen LogP contribution in [0.2, 0.25) is 0 Å². The van der Waals surface area contributed by atoms with Crippen LogP contribution in [0.5, 0.6) is 0 Å². The van der Waals surface area contributed by atoms with Crippen LogP contribution in [0.25, 0.3) is 0 Å². The largest absolute Gasteiger partial charge is 0.356 e. The highest BCUT2D eigenvalue weighted by Crippen LogP contribution is 2.14. The molecule has 1 N–H and O–H groups in total. The van der Waals surface area contributed by atoms with Gasteiger partial charge in [0, 0.05) is 52.9 Å². The molecule has 0 aromatic heterocycles. The van der Waals surface area contributed by atoms with Gasteiger partial charge in [-0.25, -0.2) is 0 Å². The van der Waals surface area contributed by atoms with E-state index in [0.717, 1.165) is 64.6 Å². The molecule has 152 valence electrons. The predicted octanol–water partition coefficient (Wildman–Crippen LogP) is 2.39. The molecule has 0 spiro atoms. The molecule has 0 aromatic carbocycles. The Morgan fingerprint density at radius 2 is 1.65 bits per heavy atom. The third kappa shape index (κ3) is 6.87. The summed E-state index contributed by atoms with van der Waals surface area (Å²) in [6.07, 6.45) is 7.38. The van der Waals surface area contributed by atoms with Gasteiger partial charge in [-0.1, -0.05) is 26.2 Å². The molecule has 2 rings (SSSR count). The molecule has 1 unspecified atom stereocenters. The lowest BCUT2D eigenvalue weighted by molar-refractivity contribution is -0.135. The summed E-state index contributed by atoms with van der Waals surface area (Å²) in [5.74, 6) is 1.32. The van der Waals surface area contributed by atoms with Crippen molar-refractivity contribution >= 4 is 35.8 Å². The molecule has 2 aliphatic rings. The Balaban J connectivity index is 0.00000338. The average Bonchev–Trinajstić information content (AvgIpc) is 3.18. The maximum Gasteiger partial charge on any atom is 0.239 e. The quantitative estimate of drug-likeness (QED) is 0.264. The van der Waals surface area contributed by atoms with Crippen molar-refractivity contribution in [3.63, 3.8) is 0 Å². The van der Waals surface area contributed by atoms with Crippen LogP contribution in [0.4, 0.5) is 0 Å². The first-order valence-electron chi connectivity index (χ1n) is 10.2. The zero-order valence-electron chi connectivity index (χ0n) is 16.9. The van der Waals surface area contributed by atoms with Crippen LogP contribution in [0, 0.1) is 0 Å². The minimum Gasteiger partial charge on any atom is -0.356 e. The number of halogens is 1. The average molecular weight is 479 g/mol. The summed E-state index contributed by atoms with van der Waals surface area (Å²) in [7, 11) is 1.86. The van der Waals surface area contributed by atoms with Crippen LogP contribution in [0.3, 0.4) is 0 Å². The molecule has 1 atom stereocenters. The Kier molecular flexibility index (Phi) is 11.5. The third-order valence-corrected chi connectivity index (χ3v) is 5.46. The standard InChI is InChI=1S/C19H37N5O.HI/c1-4-5-6-7-10-21-19(20-3)24-15-13-22(14-16-24)17(2)18(25)23-11-8-9-12-23;/h17H,4-16H2,1-3H3,(H,20,21);1H. The lowest BCUT2D eigenvalue weighted by Gasteiger charge is -2.39. The molecule has 1 amide bonds. The van der Waals surface area contributed by atoms with Gasteiger partial charge in [0.15, 0.2) is 5.96 Å². The van der Waals surface area contributed by atoms with E-state index in [1.165, 1.54) is 25.7 Å². The number of guanidine groups is 1. The molecular formula is C19H38IN5O. The van der Waals surface area contributed by atoms with Gasteiger partial charge in [0.05, 0.1) is 6.04 Å². The summed E-state index contributed by atoms with van der Waals surface area (Å²) in [5, 5.41) is 3.49. The monoisotopic (exact) mass is 479 g/mol. The first kappa shape index (κ1) is 23.5. The summed E-state index contributed by atoms with van der Waals surface area (Å²) in [4.78, 5) is 23.7. The van der Waals surface area contributed by atoms with Crippen LogP contribution >= 0.6 is 24.0 Å². The molecule has 2 saturated heterocycles. The number of carbonyl (C=O) groups is 1. The number of rotatable bonds is 7. The number of unbranched alkanes of at least 4 members (excludes halogenated alkanes) is 3. The van der Waals surface area contributed by atoms with E-state index in [-0.39, 0.29) is 30.0 Å². The van der Waals surface area contributed by atoms with Crippen molar-refractivity contribution in [1.82, 2.24) is 20.0 Å². The zero-order valence-corrected chi connectivity index (χ0v) is 19.2. The van der Waals surface area contributed by atoms with E-state index < -0.39 is 0 Å². The van der Waals surface area contributed by atoms with Crippen LogP contribution in [0.15, 0.2) is 4.99 Å². The third-order valence-electron chi connectivity index (χ3n) is 5.46. The van der Waals surface area contributed by atoms with Crippen LogP contribution in [-0.2, 0) is 4.79 Å². The fourth-order valence-corrected chi connectivity index (χ4v) is 3.76. The van der Waals surface area contributed by atoms with Crippen molar-refractivity contribution in [1.29, 1.82) is 0 Å². The van der Waals surface area contributed by atoms with Gasteiger partial charge in [-0.2, -0.15) is 0 Å². The van der Waals surface area contributed by atoms with E-state index in [1.807, 2.05) is 11.9 Å². The normalized spacial score (nSPS) is 20.0. The molecule has 0 radical (unpaired) electrons. The molecule has 2 fully saturated rings. The van der Waals surface area contributed by atoms with Gasteiger partial charge < -0.3 is 15.1 Å². The van der Waals surface area contributed by atoms with Crippen LogP contribution in [0.1, 0.15) is 52.4 Å². The second-order valence-corrected chi connectivity index (χ2v) is 7.27. The minimum absolute atomic E-state index is 0. The second-order valence-electron chi connectivity index (χ2n) is 7.27. The van der Waals surface area contributed by atoms with Gasteiger partial charge in [-0.15, -0.1) is 24.0 Å². The number of amides is 1. The molecule has 7 heteroatoms. The van der Waals surface area contributed by atoms with Crippen LogP contribution in [-0.4, -0.2) is 85.5 Å². The highest BCUT2D eigenvalue weighted by atomic mass is 127. The van der Waals surface area contributed by atoms with Gasteiger partial charge in [-0.3, -0.25) is 14.7 Å². The molecule has 26 heavy (non-hydrogen) atoms. The Morgan fingerprint density at radius 3 is 2.23 bits per heavy atom. The van der Waals surface area contributed by atoms with E-state index in [0.29, 0.717) is 5.91 Å². The summed E-state index contributed by atoms with van der Waals surface area (Å²) in [6, 6.07) is 0.00395. The summed E-state index contributed by atoms with van der Waals surface area (Å²) >= 11 is 0. The lowest BCUT2D eigenvalue weighted by Crippen LogP contribution is -2.57. The first-order valence-corrected chi connectivity index (χ1v) is 10.2. The number of piperazine rings is 1. The summed E-state index contributed by atoms with van der Waals surface area (Å²) in [6.45, 7) is 10.9. The number of nitrogens with one attached hydrogen (secondary N) is 1. The fourth-order valence-electron chi connectivity index (χ4n) is 3.76. The highest BCUT2D eigenvalue weighted by molar-refractivity contribution is 14.0. The SMILES string of the molecule is CCCCCCNC(=NC)N1CCN(C(C)C(=O)N2CCCC2)CC1.I. The topological polar surface area (TPSA) is 51.2 Å². The van der Waals surface area contributed by atoms with Gasteiger partial charge in [0.2, 0.25) is 5.91 Å². The van der Waals surface area contributed by atoms with Crippen molar-refractivity contribution in [3.8, 4) is 0 Å². The number of nitrogens with zero attached hydrogens (tertiary/aromatic N) is 4. The molecule has 0 bridgehead atoms. The van der Waals surface area contributed by atoms with E-state index in [9.17, 15) is 4.79 Å². The lowest BCUT2D eigenvalue weighted by atomic mass is 10.2. The maximum atomic E-state index is 12.6. The number of hydrogen-bond acceptors (Lipinski definition) is 3. The van der Waals surface area contributed by atoms with Crippen molar-refractivity contribution in [2.75, 3.05) is 52.9 Å². The fraction of sp³-hybridized carbons (Fsp3) is 0.895. The smallest absolute Gasteiger partial charge is 0.239 e. The highest BCUT2D eigenvalue weighted by Gasteiger charge is 2.30. The van der Waals surface area contributed by atoms with Gasteiger partial charge in [-0.05, 0) is 26.2 Å². The van der Waals surface area contributed by atoms with E-state index in [1.54, 1.807) is 0 Å². The molecular weight excluding hydrogens is 441 g/mol. The van der Waals surface area contributed by atoms with E-state index in [2.05, 4.69) is 34.0 Å². The van der Waals surface area contributed by atoms with Crippen molar-refractivity contribution in [2.24, 2.45) is 4.99 Å². The van der Waals surface area contributed by atoms with Gasteiger partial charge >= 0.3 is 0 Å². The van der Waals surface area contributed by atoms with Crippen LogP contribution < -0.4 is 5.32 Å². The molecule has 2 aliphatic heterocycles. The van der Waals surface area contributed by atoms with Gasteiger partial charge in [0.25, 0.3) is 0 Å². The Labute approximate surface area is 176 Å². The minimum atomic E-state index is 0. The molecule has 0 aliphatic carbocycles. The Bertz CT molecular complexity index is 432. The number of carbonyl (C=O) groups excluding carboxylic acids is 1. The Hall–Kier alpha value is -0.570. The first-order chi connectivity index (χ1) is 12.2. The Morgan fingerprint density at radius 1 is 1.00 bits per heavy atom. The number of likely N-dealkylation sites (tertiary alicyclic amines) is 1. The number of hydrogen-bond donors (Lipinski definition) is 1. The van der Waals surface area contributed by atoms with E-state index >= 15 is 0 Å². The molecule has 0 aromatic rings. The molecule has 2 heterocycles. The number of aliphatic imine (C=N–C) groups is 1. The summed E-state index contributed by atoms with van der Waals surface area (Å²) < 4.78 is 0. The van der Waals surface area contributed by atoms with Crippen molar-refractivity contribution in [3.05, 3.63) is 0 Å². The molecule has 0 saturated carbocycles. The maximum absolute atomic E-state index is 12.6. The predicted molar refractivity (Wildman–Crippen MR) is 119 cm³/mol. The molecule has 6 nitrogen and oxygen atoms in total. The van der Waals surface area contributed by atoms with Gasteiger partial charge in [0.1, 0.15) is 0 Å². The van der Waals surface area contributed by atoms with Crippen molar-refractivity contribution < 1.29 is 4.79 Å². The van der Waals surface area contributed by atoms with Crippen molar-refractivity contribution in [2.45, 2.75) is 58.4 Å².